The fraction of sp³-hybridized carbons (Fsp3) is 0. The molecule has 0 unspecified atom stereocenters. The summed E-state index contributed by atoms with van der Waals surface area (Å²) < 4.78 is 0. The van der Waals surface area contributed by atoms with Gasteiger partial charge >= 0.3 is 16.5 Å². The van der Waals surface area contributed by atoms with Gasteiger partial charge in [0.1, 0.15) is 0 Å². The molecule has 0 aliphatic heterocycles. The first-order valence-corrected chi connectivity index (χ1v) is 5.18. The zero-order chi connectivity index (χ0) is 12.0. The van der Waals surface area contributed by atoms with Crippen LogP contribution in [0.25, 0.3) is 0 Å². The third kappa shape index (κ3) is 7.11. The fourth-order valence-corrected chi connectivity index (χ4v) is 1.12. The Morgan fingerprint density at radius 1 is 0.588 bits per heavy atom. The minimum Gasteiger partial charge on any atom is -0.872 e. The van der Waals surface area contributed by atoms with Crippen LogP contribution >= 0.6 is 23.2 Å². The van der Waals surface area contributed by atoms with Crippen molar-refractivity contribution in [2.75, 3.05) is 0 Å². The maximum atomic E-state index is 10.4. The van der Waals surface area contributed by atoms with E-state index in [1.54, 1.807) is 24.3 Å². The number of benzene rings is 2. The van der Waals surface area contributed by atoms with Gasteiger partial charge in [-0.3, -0.25) is 0 Å². The molecular formula is C12H8Cl2NiO2. The predicted molar refractivity (Wildman–Crippen MR) is 61.8 cm³/mol. The molecule has 2 rings (SSSR count). The Bertz CT molecular complexity index is 344. The van der Waals surface area contributed by atoms with Gasteiger partial charge in [0.05, 0.1) is 0 Å². The third-order valence-corrected chi connectivity index (χ3v) is 2.13. The molecule has 17 heavy (non-hydrogen) atoms. The van der Waals surface area contributed by atoms with E-state index in [0.29, 0.717) is 10.0 Å². The summed E-state index contributed by atoms with van der Waals surface area (Å²) in [4.78, 5) is 0. The standard InChI is InChI=1S/2C6H5ClO.Ni/c2*7-5-1-3-6(8)4-2-5;/h2*1-4,8H;/q;;+2/p-2. The zero-order valence-electron chi connectivity index (χ0n) is 8.51. The van der Waals surface area contributed by atoms with E-state index in [2.05, 4.69) is 0 Å². The van der Waals surface area contributed by atoms with Gasteiger partial charge in [-0.2, -0.15) is 0 Å². The van der Waals surface area contributed by atoms with E-state index in [9.17, 15) is 10.2 Å². The quantitative estimate of drug-likeness (QED) is 0.702. The molecule has 2 aromatic rings. The van der Waals surface area contributed by atoms with Crippen LogP contribution in [0.15, 0.2) is 48.5 Å². The summed E-state index contributed by atoms with van der Waals surface area (Å²) in [6.07, 6.45) is 0. The number of hydrogen-bond donors (Lipinski definition) is 0. The van der Waals surface area contributed by atoms with E-state index < -0.39 is 0 Å². The van der Waals surface area contributed by atoms with Crippen LogP contribution in [0, 0.1) is 0 Å². The maximum Gasteiger partial charge on any atom is 2.00 e. The van der Waals surface area contributed by atoms with Crippen molar-refractivity contribution >= 4 is 23.2 Å². The molecule has 0 saturated carbocycles. The van der Waals surface area contributed by atoms with Crippen LogP contribution in [0.2, 0.25) is 10.0 Å². The van der Waals surface area contributed by atoms with E-state index in [-0.39, 0.29) is 28.0 Å². The maximum absolute atomic E-state index is 10.4. The Hall–Kier alpha value is -0.886. The van der Waals surface area contributed by atoms with Gasteiger partial charge in [0, 0.05) is 10.0 Å². The van der Waals surface area contributed by atoms with E-state index in [0.717, 1.165) is 0 Å². The van der Waals surface area contributed by atoms with Crippen LogP contribution in [-0.2, 0) is 16.5 Å². The molecule has 0 amide bonds. The molecule has 0 atom stereocenters. The summed E-state index contributed by atoms with van der Waals surface area (Å²) in [7, 11) is 0. The molecule has 2 nitrogen and oxygen atoms in total. The molecule has 0 saturated heterocycles. The minimum atomic E-state index is -0.00519. The summed E-state index contributed by atoms with van der Waals surface area (Å²) in [5, 5.41) is 21.9. The van der Waals surface area contributed by atoms with Gasteiger partial charge in [-0.1, -0.05) is 47.5 Å². The van der Waals surface area contributed by atoms with Crippen LogP contribution in [0.3, 0.4) is 0 Å². The first kappa shape index (κ1) is 16.1. The third-order valence-electron chi connectivity index (χ3n) is 1.63. The molecule has 0 spiro atoms. The first-order chi connectivity index (χ1) is 7.58. The average molecular weight is 314 g/mol. The van der Waals surface area contributed by atoms with Gasteiger partial charge in [-0.25, -0.2) is 0 Å². The summed E-state index contributed by atoms with van der Waals surface area (Å²) in [6.45, 7) is 0. The molecule has 0 radical (unpaired) electrons. The Kier molecular flexibility index (Phi) is 7.81. The first-order valence-electron chi connectivity index (χ1n) is 4.43. The molecule has 0 fully saturated rings. The van der Waals surface area contributed by atoms with Gasteiger partial charge in [0.15, 0.2) is 0 Å². The number of hydrogen-bond acceptors (Lipinski definition) is 2. The fourth-order valence-electron chi connectivity index (χ4n) is 0.869. The average Bonchev–Trinajstić information content (AvgIpc) is 2.28. The molecule has 0 aromatic heterocycles. The molecule has 0 heterocycles. The van der Waals surface area contributed by atoms with Crippen molar-refractivity contribution in [3.05, 3.63) is 58.6 Å². The van der Waals surface area contributed by atoms with E-state index in [4.69, 9.17) is 23.2 Å². The Balaban J connectivity index is 0.000000284. The van der Waals surface area contributed by atoms with Crippen LogP contribution in [0.5, 0.6) is 11.5 Å². The van der Waals surface area contributed by atoms with Gasteiger partial charge < -0.3 is 10.2 Å². The predicted octanol–water partition coefficient (Wildman–Crippen LogP) is 2.82. The summed E-state index contributed by atoms with van der Waals surface area (Å²) in [5.41, 5.74) is 0. The molecule has 92 valence electrons. The molecule has 0 aliphatic rings. The number of halogens is 2. The second kappa shape index (κ2) is 8.24. The molecule has 0 bridgehead atoms. The molecule has 0 N–H and O–H groups in total. The van der Waals surface area contributed by atoms with Crippen molar-refractivity contribution in [2.45, 2.75) is 0 Å². The second-order valence-electron chi connectivity index (χ2n) is 2.91. The summed E-state index contributed by atoms with van der Waals surface area (Å²) in [6, 6.07) is 12.0. The monoisotopic (exact) mass is 312 g/mol. The van der Waals surface area contributed by atoms with Crippen molar-refractivity contribution in [1.82, 2.24) is 0 Å². The van der Waals surface area contributed by atoms with Crippen LogP contribution in [0.4, 0.5) is 0 Å². The van der Waals surface area contributed by atoms with Gasteiger partial charge in [0.25, 0.3) is 0 Å². The minimum absolute atomic E-state index is 0. The van der Waals surface area contributed by atoms with Crippen molar-refractivity contribution < 1.29 is 26.7 Å². The summed E-state index contributed by atoms with van der Waals surface area (Å²) in [5.74, 6) is -0.0104. The molecule has 0 aliphatic carbocycles. The largest absolute Gasteiger partial charge is 2.00 e. The van der Waals surface area contributed by atoms with Gasteiger partial charge in [-0.05, 0) is 24.3 Å². The zero-order valence-corrected chi connectivity index (χ0v) is 11.0. The van der Waals surface area contributed by atoms with E-state index in [1.807, 2.05) is 0 Å². The van der Waals surface area contributed by atoms with Gasteiger partial charge in [-0.15, -0.1) is 11.5 Å². The normalized spacial score (nSPS) is 8.59. The number of rotatable bonds is 0. The van der Waals surface area contributed by atoms with Crippen molar-refractivity contribution in [2.24, 2.45) is 0 Å². The SMILES string of the molecule is [Ni+2].[O-]c1ccc(Cl)cc1.[O-]c1ccc(Cl)cc1. The Morgan fingerprint density at radius 2 is 0.824 bits per heavy atom. The van der Waals surface area contributed by atoms with Gasteiger partial charge in [0.2, 0.25) is 0 Å². The molecular weight excluding hydrogens is 306 g/mol. The smallest absolute Gasteiger partial charge is 0.872 e. The molecule has 5 heteroatoms. The second-order valence-corrected chi connectivity index (χ2v) is 3.78. The van der Waals surface area contributed by atoms with Crippen molar-refractivity contribution in [3.8, 4) is 11.5 Å². The van der Waals surface area contributed by atoms with E-state index in [1.165, 1.54) is 24.3 Å². The van der Waals surface area contributed by atoms with Crippen molar-refractivity contribution in [1.29, 1.82) is 0 Å². The Morgan fingerprint density at radius 3 is 1.00 bits per heavy atom. The Labute approximate surface area is 120 Å². The van der Waals surface area contributed by atoms with Crippen LogP contribution < -0.4 is 10.2 Å². The van der Waals surface area contributed by atoms with Crippen LogP contribution in [0.1, 0.15) is 0 Å². The van der Waals surface area contributed by atoms with Crippen LogP contribution in [-0.4, -0.2) is 0 Å². The topological polar surface area (TPSA) is 46.1 Å². The van der Waals surface area contributed by atoms with E-state index >= 15 is 0 Å². The molecule has 2 aromatic carbocycles. The van der Waals surface area contributed by atoms with Crippen molar-refractivity contribution in [3.63, 3.8) is 0 Å². The summed E-state index contributed by atoms with van der Waals surface area (Å²) >= 11 is 10.9.